The van der Waals surface area contributed by atoms with Crippen LogP contribution < -0.4 is 5.32 Å². The van der Waals surface area contributed by atoms with Crippen molar-refractivity contribution in [2.24, 2.45) is 0 Å². The number of halogens is 1. The Hall–Kier alpha value is -0.700. The predicted octanol–water partition coefficient (Wildman–Crippen LogP) is 3.44. The van der Waals surface area contributed by atoms with Crippen molar-refractivity contribution in [2.75, 3.05) is 11.1 Å². The van der Waals surface area contributed by atoms with E-state index in [1.165, 1.54) is 6.42 Å². The molecule has 1 nitrogen and oxygen atoms in total. The SMILES string of the molecule is Cc1ccc(NC2CSC(C)C2)cc1F. The molecule has 82 valence electrons. The van der Waals surface area contributed by atoms with Gasteiger partial charge in [-0.25, -0.2) is 4.39 Å². The van der Waals surface area contributed by atoms with E-state index in [4.69, 9.17) is 0 Å². The van der Waals surface area contributed by atoms with Gasteiger partial charge in [0.2, 0.25) is 0 Å². The highest BCUT2D eigenvalue weighted by molar-refractivity contribution is 8.00. The first kappa shape index (κ1) is 10.8. The van der Waals surface area contributed by atoms with E-state index in [1.807, 2.05) is 23.9 Å². The van der Waals surface area contributed by atoms with E-state index in [-0.39, 0.29) is 5.82 Å². The number of nitrogens with one attached hydrogen (secondary N) is 1. The third-order valence-electron chi connectivity index (χ3n) is 2.74. The maximum atomic E-state index is 13.3. The molecule has 0 spiro atoms. The number of thioether (sulfide) groups is 1. The van der Waals surface area contributed by atoms with Crippen LogP contribution in [0.5, 0.6) is 0 Å². The van der Waals surface area contributed by atoms with E-state index < -0.39 is 0 Å². The summed E-state index contributed by atoms with van der Waals surface area (Å²) < 4.78 is 13.3. The Bertz CT molecular complexity index is 353. The van der Waals surface area contributed by atoms with Crippen molar-refractivity contribution < 1.29 is 4.39 Å². The van der Waals surface area contributed by atoms with Crippen molar-refractivity contribution in [1.82, 2.24) is 0 Å². The Morgan fingerprint density at radius 2 is 2.27 bits per heavy atom. The van der Waals surface area contributed by atoms with Gasteiger partial charge in [-0.15, -0.1) is 0 Å². The highest BCUT2D eigenvalue weighted by atomic mass is 32.2. The molecule has 15 heavy (non-hydrogen) atoms. The van der Waals surface area contributed by atoms with Crippen molar-refractivity contribution in [3.63, 3.8) is 0 Å². The first-order valence-electron chi connectivity index (χ1n) is 5.29. The smallest absolute Gasteiger partial charge is 0.128 e. The summed E-state index contributed by atoms with van der Waals surface area (Å²) >= 11 is 1.98. The number of anilines is 1. The summed E-state index contributed by atoms with van der Waals surface area (Å²) in [6.07, 6.45) is 1.17. The molecule has 2 unspecified atom stereocenters. The van der Waals surface area contributed by atoms with E-state index in [9.17, 15) is 4.39 Å². The normalized spacial score (nSPS) is 25.5. The summed E-state index contributed by atoms with van der Waals surface area (Å²) in [6, 6.07) is 5.85. The molecular weight excluding hydrogens is 209 g/mol. The van der Waals surface area contributed by atoms with Gasteiger partial charge in [0, 0.05) is 22.7 Å². The second kappa shape index (κ2) is 4.44. The van der Waals surface area contributed by atoms with Crippen LogP contribution >= 0.6 is 11.8 Å². The topological polar surface area (TPSA) is 12.0 Å². The van der Waals surface area contributed by atoms with Crippen LogP contribution in [0.15, 0.2) is 18.2 Å². The van der Waals surface area contributed by atoms with Crippen LogP contribution in [-0.2, 0) is 0 Å². The molecule has 0 saturated carbocycles. The lowest BCUT2D eigenvalue weighted by Gasteiger charge is -2.13. The van der Waals surface area contributed by atoms with E-state index in [1.54, 1.807) is 13.0 Å². The molecule has 0 amide bonds. The van der Waals surface area contributed by atoms with E-state index in [2.05, 4.69) is 12.2 Å². The molecule has 1 aromatic rings. The highest BCUT2D eigenvalue weighted by Crippen LogP contribution is 2.28. The zero-order chi connectivity index (χ0) is 10.8. The zero-order valence-electron chi connectivity index (χ0n) is 9.09. The van der Waals surface area contributed by atoms with Crippen LogP contribution in [0.1, 0.15) is 18.9 Å². The van der Waals surface area contributed by atoms with Gasteiger partial charge in [0.1, 0.15) is 5.82 Å². The molecular formula is C12H16FNS. The number of rotatable bonds is 2. The van der Waals surface area contributed by atoms with Gasteiger partial charge < -0.3 is 5.32 Å². The molecule has 1 heterocycles. The maximum Gasteiger partial charge on any atom is 0.128 e. The average Bonchev–Trinajstić information content (AvgIpc) is 2.58. The lowest BCUT2D eigenvalue weighted by Crippen LogP contribution is -2.18. The third kappa shape index (κ3) is 2.65. The molecule has 1 aromatic carbocycles. The quantitative estimate of drug-likeness (QED) is 0.827. The monoisotopic (exact) mass is 225 g/mol. The second-order valence-corrected chi connectivity index (χ2v) is 5.66. The molecule has 2 rings (SSSR count). The Labute approximate surface area is 94.5 Å². The van der Waals surface area contributed by atoms with Gasteiger partial charge >= 0.3 is 0 Å². The van der Waals surface area contributed by atoms with Gasteiger partial charge in [-0.1, -0.05) is 13.0 Å². The third-order valence-corrected chi connectivity index (χ3v) is 4.10. The van der Waals surface area contributed by atoms with Gasteiger partial charge in [-0.3, -0.25) is 0 Å². The van der Waals surface area contributed by atoms with Crippen molar-refractivity contribution in [3.8, 4) is 0 Å². The summed E-state index contributed by atoms with van der Waals surface area (Å²) in [5.74, 6) is 0.995. The summed E-state index contributed by atoms with van der Waals surface area (Å²) in [4.78, 5) is 0. The first-order chi connectivity index (χ1) is 7.15. The van der Waals surface area contributed by atoms with Crippen molar-refractivity contribution in [1.29, 1.82) is 0 Å². The van der Waals surface area contributed by atoms with Gasteiger partial charge in [0.25, 0.3) is 0 Å². The molecule has 1 fully saturated rings. The first-order valence-corrected chi connectivity index (χ1v) is 6.34. The van der Waals surface area contributed by atoms with Crippen LogP contribution in [0.25, 0.3) is 0 Å². The molecule has 0 aliphatic carbocycles. The number of hydrogen-bond donors (Lipinski definition) is 1. The molecule has 1 saturated heterocycles. The van der Waals surface area contributed by atoms with Crippen molar-refractivity contribution in [3.05, 3.63) is 29.6 Å². The van der Waals surface area contributed by atoms with Gasteiger partial charge in [-0.05, 0) is 31.0 Å². The molecule has 0 radical (unpaired) electrons. The minimum atomic E-state index is -0.126. The largest absolute Gasteiger partial charge is 0.381 e. The maximum absolute atomic E-state index is 13.3. The summed E-state index contributed by atoms with van der Waals surface area (Å²) in [7, 11) is 0. The zero-order valence-corrected chi connectivity index (χ0v) is 9.90. The minimum absolute atomic E-state index is 0.126. The fraction of sp³-hybridized carbons (Fsp3) is 0.500. The van der Waals surface area contributed by atoms with E-state index in [0.29, 0.717) is 11.6 Å². The fourth-order valence-electron chi connectivity index (χ4n) is 1.84. The van der Waals surface area contributed by atoms with Gasteiger partial charge in [-0.2, -0.15) is 11.8 Å². The van der Waals surface area contributed by atoms with Crippen LogP contribution in [0.2, 0.25) is 0 Å². The lowest BCUT2D eigenvalue weighted by molar-refractivity contribution is 0.618. The average molecular weight is 225 g/mol. The molecule has 1 aliphatic heterocycles. The molecule has 3 heteroatoms. The number of benzene rings is 1. The standard InChI is InChI=1S/C12H16FNS/c1-8-3-4-10(6-12(8)13)14-11-5-9(2)15-7-11/h3-4,6,9,11,14H,5,7H2,1-2H3. The molecule has 2 atom stereocenters. The van der Waals surface area contributed by atoms with Crippen LogP contribution in [0, 0.1) is 12.7 Å². The second-order valence-electron chi connectivity index (χ2n) is 4.18. The number of aryl methyl sites for hydroxylation is 1. The fourth-order valence-corrected chi connectivity index (χ4v) is 2.98. The number of hydrogen-bond acceptors (Lipinski definition) is 2. The Morgan fingerprint density at radius 3 is 2.87 bits per heavy atom. The molecule has 1 aliphatic rings. The van der Waals surface area contributed by atoms with Crippen molar-refractivity contribution in [2.45, 2.75) is 31.6 Å². The van der Waals surface area contributed by atoms with E-state index >= 15 is 0 Å². The Kier molecular flexibility index (Phi) is 3.19. The highest BCUT2D eigenvalue weighted by Gasteiger charge is 2.21. The molecule has 0 aromatic heterocycles. The Balaban J connectivity index is 2.02. The summed E-state index contributed by atoms with van der Waals surface area (Å²) in [5, 5.41) is 4.10. The molecule has 0 bridgehead atoms. The van der Waals surface area contributed by atoms with E-state index in [0.717, 1.165) is 16.7 Å². The molecule has 1 N–H and O–H groups in total. The lowest BCUT2D eigenvalue weighted by atomic mass is 10.1. The van der Waals surface area contributed by atoms with Gasteiger partial charge in [0.05, 0.1) is 0 Å². The summed E-state index contributed by atoms with van der Waals surface area (Å²) in [5.41, 5.74) is 1.60. The minimum Gasteiger partial charge on any atom is -0.381 e. The van der Waals surface area contributed by atoms with Crippen LogP contribution in [0.3, 0.4) is 0 Å². The Morgan fingerprint density at radius 1 is 1.47 bits per heavy atom. The summed E-state index contributed by atoms with van der Waals surface area (Å²) in [6.45, 7) is 4.02. The van der Waals surface area contributed by atoms with Gasteiger partial charge in [0.15, 0.2) is 0 Å². The van der Waals surface area contributed by atoms with Crippen LogP contribution in [-0.4, -0.2) is 17.0 Å². The van der Waals surface area contributed by atoms with Crippen molar-refractivity contribution >= 4 is 17.4 Å². The van der Waals surface area contributed by atoms with Crippen LogP contribution in [0.4, 0.5) is 10.1 Å². The predicted molar refractivity (Wildman–Crippen MR) is 65.1 cm³/mol.